The van der Waals surface area contributed by atoms with Crippen LogP contribution in [-0.4, -0.2) is 37.7 Å². The fourth-order valence-electron chi connectivity index (χ4n) is 1.26. The van der Waals surface area contributed by atoms with Crippen LogP contribution in [0.3, 0.4) is 0 Å². The van der Waals surface area contributed by atoms with Crippen LogP contribution in [0.2, 0.25) is 0 Å². The minimum absolute atomic E-state index is 0.0824. The molecule has 18 heavy (non-hydrogen) atoms. The average molecular weight is 257 g/mol. The second-order valence-corrected chi connectivity index (χ2v) is 5.21. The molecule has 1 aliphatic rings. The van der Waals surface area contributed by atoms with Crippen LogP contribution < -0.4 is 5.32 Å². The van der Waals surface area contributed by atoms with Crippen LogP contribution in [0.25, 0.3) is 0 Å². The summed E-state index contributed by atoms with van der Waals surface area (Å²) in [6, 6.07) is 0. The molecule has 1 rings (SSSR count). The Kier molecular flexibility index (Phi) is 6.12. The van der Waals surface area contributed by atoms with Crippen molar-refractivity contribution in [3.8, 4) is 0 Å². The van der Waals surface area contributed by atoms with Crippen molar-refractivity contribution in [2.45, 2.75) is 39.7 Å². The molecule has 0 radical (unpaired) electrons. The van der Waals surface area contributed by atoms with E-state index < -0.39 is 6.10 Å². The molecule has 0 aromatic rings. The predicted octanol–water partition coefficient (Wildman–Crippen LogP) is 1.12. The van der Waals surface area contributed by atoms with Gasteiger partial charge in [0.25, 0.3) is 0 Å². The van der Waals surface area contributed by atoms with Gasteiger partial charge in [0.05, 0.1) is 6.61 Å². The standard InChI is InChI=1S/C13H23NO4/c1-9(2)7-17-10(3)13(16)14-6-12(15)18-8-11-4-5-11/h9-11H,4-8H2,1-3H3,(H,14,16). The van der Waals surface area contributed by atoms with Gasteiger partial charge in [-0.2, -0.15) is 0 Å². The van der Waals surface area contributed by atoms with Gasteiger partial charge in [-0.1, -0.05) is 13.8 Å². The van der Waals surface area contributed by atoms with Gasteiger partial charge < -0.3 is 14.8 Å². The van der Waals surface area contributed by atoms with Crippen molar-refractivity contribution in [3.63, 3.8) is 0 Å². The molecule has 1 fully saturated rings. The second-order valence-electron chi connectivity index (χ2n) is 5.21. The van der Waals surface area contributed by atoms with E-state index in [0.29, 0.717) is 25.0 Å². The summed E-state index contributed by atoms with van der Waals surface area (Å²) in [4.78, 5) is 22.9. The Balaban J connectivity index is 2.08. The van der Waals surface area contributed by atoms with Gasteiger partial charge in [0.1, 0.15) is 12.6 Å². The number of hydrogen-bond donors (Lipinski definition) is 1. The normalized spacial score (nSPS) is 16.4. The summed E-state index contributed by atoms with van der Waals surface area (Å²) >= 11 is 0. The molecular weight excluding hydrogens is 234 g/mol. The van der Waals surface area contributed by atoms with E-state index in [1.165, 1.54) is 0 Å². The summed E-state index contributed by atoms with van der Waals surface area (Å²) in [6.45, 7) is 6.63. The lowest BCUT2D eigenvalue weighted by Crippen LogP contribution is -2.38. The van der Waals surface area contributed by atoms with E-state index in [1.54, 1.807) is 6.92 Å². The van der Waals surface area contributed by atoms with Gasteiger partial charge in [-0.3, -0.25) is 9.59 Å². The van der Waals surface area contributed by atoms with E-state index in [2.05, 4.69) is 5.32 Å². The highest BCUT2D eigenvalue weighted by Gasteiger charge is 2.23. The predicted molar refractivity (Wildman–Crippen MR) is 66.9 cm³/mol. The zero-order valence-electron chi connectivity index (χ0n) is 11.4. The molecule has 1 unspecified atom stereocenters. The van der Waals surface area contributed by atoms with Crippen LogP contribution in [0, 0.1) is 11.8 Å². The summed E-state index contributed by atoms with van der Waals surface area (Å²) in [6.07, 6.45) is 1.74. The molecule has 0 aromatic carbocycles. The molecule has 0 aliphatic heterocycles. The number of esters is 1. The van der Waals surface area contributed by atoms with Crippen molar-refractivity contribution < 1.29 is 19.1 Å². The maximum Gasteiger partial charge on any atom is 0.325 e. The molecule has 1 saturated carbocycles. The first-order chi connectivity index (χ1) is 8.49. The minimum atomic E-state index is -0.538. The van der Waals surface area contributed by atoms with Gasteiger partial charge in [0.15, 0.2) is 0 Å². The Morgan fingerprint density at radius 3 is 2.50 bits per heavy atom. The summed E-state index contributed by atoms with van der Waals surface area (Å²) < 4.78 is 10.3. The molecule has 0 spiro atoms. The van der Waals surface area contributed by atoms with Crippen molar-refractivity contribution >= 4 is 11.9 Å². The maximum absolute atomic E-state index is 11.6. The number of nitrogens with one attached hydrogen (secondary N) is 1. The van der Waals surface area contributed by atoms with E-state index >= 15 is 0 Å². The first-order valence-corrected chi connectivity index (χ1v) is 6.54. The Labute approximate surface area is 108 Å². The van der Waals surface area contributed by atoms with Crippen LogP contribution in [0.15, 0.2) is 0 Å². The quantitative estimate of drug-likeness (QED) is 0.662. The fourth-order valence-corrected chi connectivity index (χ4v) is 1.26. The fraction of sp³-hybridized carbons (Fsp3) is 0.846. The van der Waals surface area contributed by atoms with Crippen molar-refractivity contribution in [1.82, 2.24) is 5.32 Å². The highest BCUT2D eigenvalue weighted by molar-refractivity contribution is 5.84. The third kappa shape index (κ3) is 6.59. The SMILES string of the molecule is CC(C)COC(C)C(=O)NCC(=O)OCC1CC1. The van der Waals surface area contributed by atoms with E-state index in [0.717, 1.165) is 12.8 Å². The number of carbonyl (C=O) groups excluding carboxylic acids is 2. The van der Waals surface area contributed by atoms with E-state index in [4.69, 9.17) is 9.47 Å². The topological polar surface area (TPSA) is 64.6 Å². The number of hydrogen-bond acceptors (Lipinski definition) is 4. The molecule has 0 bridgehead atoms. The van der Waals surface area contributed by atoms with Crippen LogP contribution in [0.1, 0.15) is 33.6 Å². The van der Waals surface area contributed by atoms with Gasteiger partial charge in [0.2, 0.25) is 5.91 Å². The minimum Gasteiger partial charge on any atom is -0.464 e. The maximum atomic E-state index is 11.6. The summed E-state index contributed by atoms with van der Waals surface area (Å²) in [5.74, 6) is 0.257. The van der Waals surface area contributed by atoms with E-state index in [-0.39, 0.29) is 18.4 Å². The van der Waals surface area contributed by atoms with Gasteiger partial charge in [-0.15, -0.1) is 0 Å². The zero-order valence-corrected chi connectivity index (χ0v) is 11.4. The number of rotatable bonds is 8. The molecule has 1 amide bonds. The first-order valence-electron chi connectivity index (χ1n) is 6.54. The molecular formula is C13H23NO4. The number of ether oxygens (including phenoxy) is 2. The van der Waals surface area contributed by atoms with Gasteiger partial charge in [-0.25, -0.2) is 0 Å². The Bertz CT molecular complexity index is 287. The van der Waals surface area contributed by atoms with E-state index in [1.807, 2.05) is 13.8 Å². The molecule has 5 heteroatoms. The largest absolute Gasteiger partial charge is 0.464 e. The Morgan fingerprint density at radius 2 is 1.94 bits per heavy atom. The average Bonchev–Trinajstić information content (AvgIpc) is 3.14. The summed E-state index contributed by atoms with van der Waals surface area (Å²) in [7, 11) is 0. The lowest BCUT2D eigenvalue weighted by molar-refractivity contribution is -0.145. The molecule has 1 atom stereocenters. The Morgan fingerprint density at radius 1 is 1.28 bits per heavy atom. The molecule has 1 aliphatic carbocycles. The zero-order chi connectivity index (χ0) is 13.5. The van der Waals surface area contributed by atoms with Crippen molar-refractivity contribution in [1.29, 1.82) is 0 Å². The molecule has 0 heterocycles. The van der Waals surface area contributed by atoms with Gasteiger partial charge in [-0.05, 0) is 31.6 Å². The van der Waals surface area contributed by atoms with Crippen molar-refractivity contribution in [2.24, 2.45) is 11.8 Å². The van der Waals surface area contributed by atoms with Gasteiger partial charge in [0, 0.05) is 6.61 Å². The molecule has 5 nitrogen and oxygen atoms in total. The lowest BCUT2D eigenvalue weighted by atomic mass is 10.2. The third-order valence-electron chi connectivity index (χ3n) is 2.63. The van der Waals surface area contributed by atoms with Crippen LogP contribution in [0.5, 0.6) is 0 Å². The molecule has 1 N–H and O–H groups in total. The highest BCUT2D eigenvalue weighted by Crippen LogP contribution is 2.28. The van der Waals surface area contributed by atoms with Crippen LogP contribution >= 0.6 is 0 Å². The molecule has 104 valence electrons. The van der Waals surface area contributed by atoms with Crippen molar-refractivity contribution in [3.05, 3.63) is 0 Å². The highest BCUT2D eigenvalue weighted by atomic mass is 16.5. The Hall–Kier alpha value is -1.10. The smallest absolute Gasteiger partial charge is 0.325 e. The lowest BCUT2D eigenvalue weighted by Gasteiger charge is -2.14. The molecule has 0 aromatic heterocycles. The third-order valence-corrected chi connectivity index (χ3v) is 2.63. The summed E-state index contributed by atoms with van der Waals surface area (Å²) in [5.41, 5.74) is 0. The molecule has 0 saturated heterocycles. The number of carbonyl (C=O) groups is 2. The monoisotopic (exact) mass is 257 g/mol. The number of amides is 1. The summed E-state index contributed by atoms with van der Waals surface area (Å²) in [5, 5.41) is 2.51. The first kappa shape index (κ1) is 15.0. The van der Waals surface area contributed by atoms with Crippen LogP contribution in [0.4, 0.5) is 0 Å². The van der Waals surface area contributed by atoms with Crippen LogP contribution in [-0.2, 0) is 19.1 Å². The second kappa shape index (κ2) is 7.36. The van der Waals surface area contributed by atoms with Crippen molar-refractivity contribution in [2.75, 3.05) is 19.8 Å². The van der Waals surface area contributed by atoms with E-state index in [9.17, 15) is 9.59 Å². The van der Waals surface area contributed by atoms with Gasteiger partial charge >= 0.3 is 5.97 Å².